The lowest BCUT2D eigenvalue weighted by Gasteiger charge is -2.20. The summed E-state index contributed by atoms with van der Waals surface area (Å²) < 4.78 is 13.9. The maximum atomic E-state index is 13.9. The Hall–Kier alpha value is -2.59. The summed E-state index contributed by atoms with van der Waals surface area (Å²) in [5.74, 6) is -0.00971. The number of aryl methyl sites for hydroxylation is 1. The zero-order valence-electron chi connectivity index (χ0n) is 19.4. The standard InChI is InChI=1S/C28H32FNOS/c1-5-7-17-30(4)28(31)22-15-16-26(20(3)18-22)32-27-14-9-8-13-25(27)24(6-2)21-11-10-12-23(29)19-21/h8-16,18-19,24H,5-7,17H2,1-4H3. The van der Waals surface area contributed by atoms with Gasteiger partial charge in [-0.2, -0.15) is 0 Å². The second-order valence-corrected chi connectivity index (χ2v) is 9.30. The van der Waals surface area contributed by atoms with Crippen molar-refractivity contribution in [3.8, 4) is 0 Å². The van der Waals surface area contributed by atoms with Crippen LogP contribution in [0.2, 0.25) is 0 Å². The van der Waals surface area contributed by atoms with Gasteiger partial charge in [0.15, 0.2) is 0 Å². The fourth-order valence-corrected chi connectivity index (χ4v) is 5.02. The molecule has 0 radical (unpaired) electrons. The molecule has 0 aliphatic heterocycles. The van der Waals surface area contributed by atoms with E-state index in [0.29, 0.717) is 0 Å². The SMILES string of the molecule is CCCCN(C)C(=O)c1ccc(Sc2ccccc2C(CC)c2cccc(F)c2)c(C)c1. The van der Waals surface area contributed by atoms with Crippen LogP contribution in [0.5, 0.6) is 0 Å². The minimum absolute atomic E-state index is 0.0654. The Bertz CT molecular complexity index is 1060. The molecule has 0 spiro atoms. The highest BCUT2D eigenvalue weighted by atomic mass is 32.2. The number of hydrogen-bond acceptors (Lipinski definition) is 2. The van der Waals surface area contributed by atoms with Crippen LogP contribution in [0.15, 0.2) is 76.5 Å². The van der Waals surface area contributed by atoms with Crippen molar-refractivity contribution in [1.82, 2.24) is 4.90 Å². The molecular weight excluding hydrogens is 417 g/mol. The van der Waals surface area contributed by atoms with E-state index in [1.165, 1.54) is 11.6 Å². The van der Waals surface area contributed by atoms with E-state index in [-0.39, 0.29) is 17.6 Å². The summed E-state index contributed by atoms with van der Waals surface area (Å²) >= 11 is 1.71. The molecule has 1 atom stereocenters. The summed E-state index contributed by atoms with van der Waals surface area (Å²) in [5, 5.41) is 0. The monoisotopic (exact) mass is 449 g/mol. The molecular formula is C28H32FNOS. The largest absolute Gasteiger partial charge is 0.342 e. The van der Waals surface area contributed by atoms with E-state index in [0.717, 1.165) is 52.3 Å². The van der Waals surface area contributed by atoms with Gasteiger partial charge < -0.3 is 4.90 Å². The van der Waals surface area contributed by atoms with Gasteiger partial charge in [0.25, 0.3) is 5.91 Å². The number of amides is 1. The van der Waals surface area contributed by atoms with E-state index in [1.807, 2.05) is 43.4 Å². The quantitative estimate of drug-likeness (QED) is 0.333. The van der Waals surface area contributed by atoms with Crippen molar-refractivity contribution in [2.24, 2.45) is 0 Å². The lowest BCUT2D eigenvalue weighted by molar-refractivity contribution is 0.0793. The Kier molecular flexibility index (Phi) is 8.52. The summed E-state index contributed by atoms with van der Waals surface area (Å²) in [6.07, 6.45) is 2.97. The molecule has 4 heteroatoms. The maximum absolute atomic E-state index is 13.9. The molecule has 3 aromatic carbocycles. The first-order valence-electron chi connectivity index (χ1n) is 11.3. The van der Waals surface area contributed by atoms with Gasteiger partial charge in [0.05, 0.1) is 0 Å². The van der Waals surface area contributed by atoms with Gasteiger partial charge in [-0.05, 0) is 72.9 Å². The predicted molar refractivity (Wildman–Crippen MR) is 132 cm³/mol. The molecule has 1 unspecified atom stereocenters. The number of halogens is 1. The molecule has 2 nitrogen and oxygen atoms in total. The smallest absolute Gasteiger partial charge is 0.253 e. The molecule has 0 aliphatic carbocycles. The molecule has 1 amide bonds. The first kappa shape index (κ1) is 24.1. The number of carbonyl (C=O) groups is 1. The number of nitrogens with zero attached hydrogens (tertiary/aromatic N) is 1. The van der Waals surface area contributed by atoms with Gasteiger partial charge >= 0.3 is 0 Å². The van der Waals surface area contributed by atoms with Crippen molar-refractivity contribution in [3.05, 3.63) is 94.8 Å². The van der Waals surface area contributed by atoms with E-state index in [1.54, 1.807) is 28.8 Å². The molecule has 0 saturated heterocycles. The van der Waals surface area contributed by atoms with Gasteiger partial charge in [-0.15, -0.1) is 0 Å². The Morgan fingerprint density at radius 1 is 1.00 bits per heavy atom. The van der Waals surface area contributed by atoms with Crippen molar-refractivity contribution in [1.29, 1.82) is 0 Å². The molecule has 32 heavy (non-hydrogen) atoms. The fraction of sp³-hybridized carbons (Fsp3) is 0.321. The number of benzene rings is 3. The Labute approximate surface area is 195 Å². The van der Waals surface area contributed by atoms with Gasteiger partial charge in [0.2, 0.25) is 0 Å². The molecule has 0 aromatic heterocycles. The van der Waals surface area contributed by atoms with E-state index in [9.17, 15) is 9.18 Å². The van der Waals surface area contributed by atoms with Crippen molar-refractivity contribution in [3.63, 3.8) is 0 Å². The van der Waals surface area contributed by atoms with Gasteiger partial charge in [-0.25, -0.2) is 4.39 Å². The van der Waals surface area contributed by atoms with E-state index in [2.05, 4.69) is 32.9 Å². The van der Waals surface area contributed by atoms with Crippen LogP contribution < -0.4 is 0 Å². The highest BCUT2D eigenvalue weighted by Crippen LogP contribution is 2.39. The molecule has 3 aromatic rings. The second-order valence-electron chi connectivity index (χ2n) is 8.22. The molecule has 0 saturated carbocycles. The van der Waals surface area contributed by atoms with Gasteiger partial charge in [-0.3, -0.25) is 4.79 Å². The third-order valence-electron chi connectivity index (χ3n) is 5.79. The first-order chi connectivity index (χ1) is 15.4. The maximum Gasteiger partial charge on any atom is 0.253 e. The van der Waals surface area contributed by atoms with Crippen molar-refractivity contribution < 1.29 is 9.18 Å². The number of hydrogen-bond donors (Lipinski definition) is 0. The summed E-state index contributed by atoms with van der Waals surface area (Å²) in [6.45, 7) is 7.09. The zero-order chi connectivity index (χ0) is 23.1. The lowest BCUT2D eigenvalue weighted by Crippen LogP contribution is -2.27. The molecule has 0 heterocycles. The van der Waals surface area contributed by atoms with Crippen molar-refractivity contribution in [2.75, 3.05) is 13.6 Å². The van der Waals surface area contributed by atoms with Crippen LogP contribution in [0, 0.1) is 12.7 Å². The van der Waals surface area contributed by atoms with E-state index < -0.39 is 0 Å². The minimum Gasteiger partial charge on any atom is -0.342 e. The second kappa shape index (κ2) is 11.3. The van der Waals surface area contributed by atoms with Crippen LogP contribution in [0.1, 0.15) is 66.1 Å². The average molecular weight is 450 g/mol. The van der Waals surface area contributed by atoms with Crippen molar-refractivity contribution >= 4 is 17.7 Å². The average Bonchev–Trinajstić information content (AvgIpc) is 2.80. The molecule has 0 aliphatic rings. The molecule has 0 N–H and O–H groups in total. The first-order valence-corrected chi connectivity index (χ1v) is 12.1. The zero-order valence-corrected chi connectivity index (χ0v) is 20.2. The van der Waals surface area contributed by atoms with Crippen LogP contribution in [0.4, 0.5) is 4.39 Å². The number of carbonyl (C=O) groups excluding carboxylic acids is 1. The van der Waals surface area contributed by atoms with Gasteiger partial charge in [-0.1, -0.05) is 62.4 Å². The van der Waals surface area contributed by atoms with Crippen LogP contribution in [-0.4, -0.2) is 24.4 Å². The van der Waals surface area contributed by atoms with Crippen LogP contribution in [0.25, 0.3) is 0 Å². The van der Waals surface area contributed by atoms with Gasteiger partial charge in [0.1, 0.15) is 5.82 Å². The van der Waals surface area contributed by atoms with Gasteiger partial charge in [0, 0.05) is 34.9 Å². The summed E-state index contributed by atoms with van der Waals surface area (Å²) in [5.41, 5.74) is 4.00. The van der Waals surface area contributed by atoms with Crippen molar-refractivity contribution in [2.45, 2.75) is 55.7 Å². The lowest BCUT2D eigenvalue weighted by atomic mass is 9.89. The molecule has 0 bridgehead atoms. The third kappa shape index (κ3) is 5.80. The molecule has 3 rings (SSSR count). The summed E-state index contributed by atoms with van der Waals surface area (Å²) in [6, 6.07) is 21.2. The highest BCUT2D eigenvalue weighted by Gasteiger charge is 2.18. The van der Waals surface area contributed by atoms with E-state index in [4.69, 9.17) is 0 Å². The highest BCUT2D eigenvalue weighted by molar-refractivity contribution is 7.99. The van der Waals surface area contributed by atoms with Crippen LogP contribution in [-0.2, 0) is 0 Å². The fourth-order valence-electron chi connectivity index (χ4n) is 3.95. The topological polar surface area (TPSA) is 20.3 Å². The Balaban J connectivity index is 1.86. The predicted octanol–water partition coefficient (Wildman–Crippen LogP) is 7.70. The summed E-state index contributed by atoms with van der Waals surface area (Å²) in [4.78, 5) is 16.8. The minimum atomic E-state index is -0.203. The van der Waals surface area contributed by atoms with Crippen LogP contribution >= 0.6 is 11.8 Å². The normalized spacial score (nSPS) is 11.9. The van der Waals surface area contributed by atoms with E-state index >= 15 is 0 Å². The summed E-state index contributed by atoms with van der Waals surface area (Å²) in [7, 11) is 1.86. The number of unbranched alkanes of at least 4 members (excludes halogenated alkanes) is 1. The molecule has 168 valence electrons. The number of rotatable bonds is 9. The Morgan fingerprint density at radius 2 is 1.78 bits per heavy atom. The molecule has 0 fully saturated rings. The van der Waals surface area contributed by atoms with Crippen LogP contribution in [0.3, 0.4) is 0 Å². The third-order valence-corrected chi connectivity index (χ3v) is 7.06. The Morgan fingerprint density at radius 3 is 2.47 bits per heavy atom.